The lowest BCUT2D eigenvalue weighted by Crippen LogP contribution is -2.19. The summed E-state index contributed by atoms with van der Waals surface area (Å²) in [6, 6.07) is 16.2. The lowest BCUT2D eigenvalue weighted by Gasteiger charge is -2.17. The fourth-order valence-electron chi connectivity index (χ4n) is 3.97. The molecule has 28 heavy (non-hydrogen) atoms. The van der Waals surface area contributed by atoms with Crippen molar-refractivity contribution < 1.29 is 4.79 Å². The summed E-state index contributed by atoms with van der Waals surface area (Å²) in [7, 11) is 0. The van der Waals surface area contributed by atoms with Crippen LogP contribution in [0, 0.1) is 13.8 Å². The summed E-state index contributed by atoms with van der Waals surface area (Å²) in [4.78, 5) is 15.1. The largest absolute Gasteiger partial charge is 0.371 e. The van der Waals surface area contributed by atoms with Crippen LogP contribution in [0.1, 0.15) is 29.4 Å². The van der Waals surface area contributed by atoms with Gasteiger partial charge in [-0.15, -0.1) is 0 Å². The number of aromatic nitrogens is 2. The van der Waals surface area contributed by atoms with Gasteiger partial charge in [0.2, 0.25) is 5.91 Å². The van der Waals surface area contributed by atoms with E-state index in [2.05, 4.69) is 34.4 Å². The molecule has 0 fully saturated rings. The van der Waals surface area contributed by atoms with Gasteiger partial charge in [-0.3, -0.25) is 4.79 Å². The van der Waals surface area contributed by atoms with E-state index >= 15 is 0 Å². The SMILES string of the molecule is CCN1CCc2ccc(NC(=O)Cc3c(C)nn(-c4ccccc4)c3C)cc21. The van der Waals surface area contributed by atoms with E-state index in [-0.39, 0.29) is 5.91 Å². The zero-order valence-electron chi connectivity index (χ0n) is 16.7. The van der Waals surface area contributed by atoms with Crippen LogP contribution in [0.15, 0.2) is 48.5 Å². The molecule has 1 aliphatic rings. The summed E-state index contributed by atoms with van der Waals surface area (Å²) < 4.78 is 1.91. The Morgan fingerprint density at radius 1 is 1.14 bits per heavy atom. The van der Waals surface area contributed by atoms with E-state index in [1.54, 1.807) is 0 Å². The number of hydrogen-bond acceptors (Lipinski definition) is 3. The van der Waals surface area contributed by atoms with Crippen LogP contribution in [0.2, 0.25) is 0 Å². The highest BCUT2D eigenvalue weighted by atomic mass is 16.1. The number of aryl methyl sites for hydroxylation is 1. The van der Waals surface area contributed by atoms with E-state index in [1.807, 2.05) is 54.9 Å². The number of likely N-dealkylation sites (N-methyl/N-ethyl adjacent to an activating group) is 1. The number of hydrogen-bond donors (Lipinski definition) is 1. The van der Waals surface area contributed by atoms with Crippen molar-refractivity contribution in [2.75, 3.05) is 23.3 Å². The van der Waals surface area contributed by atoms with E-state index in [9.17, 15) is 4.79 Å². The Morgan fingerprint density at radius 2 is 1.93 bits per heavy atom. The minimum absolute atomic E-state index is 0.0141. The first kappa shape index (κ1) is 18.3. The molecular formula is C23H26N4O. The minimum atomic E-state index is -0.0141. The van der Waals surface area contributed by atoms with Gasteiger partial charge in [0.25, 0.3) is 0 Å². The second-order valence-corrected chi connectivity index (χ2v) is 7.29. The first-order chi connectivity index (χ1) is 13.6. The zero-order valence-corrected chi connectivity index (χ0v) is 16.7. The van der Waals surface area contributed by atoms with Crippen LogP contribution in [0.3, 0.4) is 0 Å². The summed E-state index contributed by atoms with van der Waals surface area (Å²) in [6.07, 6.45) is 1.40. The number of nitrogens with zero attached hydrogens (tertiary/aromatic N) is 3. The quantitative estimate of drug-likeness (QED) is 0.733. The van der Waals surface area contributed by atoms with Gasteiger partial charge in [-0.25, -0.2) is 4.68 Å². The van der Waals surface area contributed by atoms with Crippen LogP contribution in [-0.4, -0.2) is 28.8 Å². The first-order valence-electron chi connectivity index (χ1n) is 9.85. The van der Waals surface area contributed by atoms with Crippen molar-refractivity contribution >= 4 is 17.3 Å². The number of amides is 1. The molecule has 1 aromatic heterocycles. The number of para-hydroxylation sites is 1. The summed E-state index contributed by atoms with van der Waals surface area (Å²) in [5.41, 5.74) is 7.34. The monoisotopic (exact) mass is 374 g/mol. The molecule has 2 heterocycles. The molecule has 2 aromatic carbocycles. The highest BCUT2D eigenvalue weighted by Crippen LogP contribution is 2.30. The molecule has 0 radical (unpaired) electrons. The maximum atomic E-state index is 12.7. The van der Waals surface area contributed by atoms with E-state index in [0.29, 0.717) is 6.42 Å². The molecule has 0 bridgehead atoms. The Kier molecular flexibility index (Phi) is 4.90. The van der Waals surface area contributed by atoms with Crippen molar-refractivity contribution in [3.8, 4) is 5.69 Å². The second-order valence-electron chi connectivity index (χ2n) is 7.29. The minimum Gasteiger partial charge on any atom is -0.371 e. The van der Waals surface area contributed by atoms with Gasteiger partial charge in [-0.2, -0.15) is 5.10 Å². The third-order valence-corrected chi connectivity index (χ3v) is 5.52. The maximum absolute atomic E-state index is 12.7. The molecule has 0 spiro atoms. The lowest BCUT2D eigenvalue weighted by atomic mass is 10.1. The van der Waals surface area contributed by atoms with Crippen molar-refractivity contribution in [1.29, 1.82) is 0 Å². The molecule has 5 heteroatoms. The first-order valence-corrected chi connectivity index (χ1v) is 9.85. The molecule has 1 aliphatic heterocycles. The van der Waals surface area contributed by atoms with Crippen molar-refractivity contribution in [3.63, 3.8) is 0 Å². The predicted octanol–water partition coefficient (Wildman–Crippen LogP) is 4.05. The molecule has 144 valence electrons. The molecule has 0 saturated carbocycles. The van der Waals surface area contributed by atoms with Crippen molar-refractivity contribution in [2.45, 2.75) is 33.6 Å². The van der Waals surface area contributed by atoms with Gasteiger partial charge in [0.1, 0.15) is 0 Å². The van der Waals surface area contributed by atoms with Crippen LogP contribution in [0.25, 0.3) is 5.69 Å². The fourth-order valence-corrected chi connectivity index (χ4v) is 3.97. The molecule has 5 nitrogen and oxygen atoms in total. The summed E-state index contributed by atoms with van der Waals surface area (Å²) >= 11 is 0. The Balaban J connectivity index is 1.51. The molecule has 0 aliphatic carbocycles. The number of nitrogens with one attached hydrogen (secondary N) is 1. The van der Waals surface area contributed by atoms with E-state index in [0.717, 1.165) is 47.8 Å². The zero-order chi connectivity index (χ0) is 19.7. The van der Waals surface area contributed by atoms with Gasteiger partial charge in [0.05, 0.1) is 17.8 Å². The molecular weight excluding hydrogens is 348 g/mol. The topological polar surface area (TPSA) is 50.2 Å². The summed E-state index contributed by atoms with van der Waals surface area (Å²) in [5, 5.41) is 7.70. The molecule has 1 amide bonds. The third-order valence-electron chi connectivity index (χ3n) is 5.52. The Bertz CT molecular complexity index is 1010. The molecule has 0 atom stereocenters. The maximum Gasteiger partial charge on any atom is 0.228 e. The van der Waals surface area contributed by atoms with Crippen molar-refractivity contribution in [3.05, 3.63) is 71.0 Å². The van der Waals surface area contributed by atoms with Crippen molar-refractivity contribution in [2.24, 2.45) is 0 Å². The third kappa shape index (κ3) is 3.40. The normalized spacial score (nSPS) is 12.9. The standard InChI is InChI=1S/C23H26N4O/c1-4-26-13-12-18-10-11-19(14-22(18)26)24-23(28)15-21-16(2)25-27(17(21)3)20-8-6-5-7-9-20/h5-11,14H,4,12-13,15H2,1-3H3,(H,24,28). The highest BCUT2D eigenvalue weighted by molar-refractivity contribution is 5.93. The Hall–Kier alpha value is -3.08. The van der Waals surface area contributed by atoms with Crippen LogP contribution < -0.4 is 10.2 Å². The average Bonchev–Trinajstić information content (AvgIpc) is 3.24. The number of carbonyl (C=O) groups is 1. The molecule has 0 unspecified atom stereocenters. The van der Waals surface area contributed by atoms with Gasteiger partial charge >= 0.3 is 0 Å². The van der Waals surface area contributed by atoms with Crippen LogP contribution in [-0.2, 0) is 17.6 Å². The predicted molar refractivity (Wildman–Crippen MR) is 113 cm³/mol. The van der Waals surface area contributed by atoms with Gasteiger partial charge in [0.15, 0.2) is 0 Å². The van der Waals surface area contributed by atoms with E-state index in [4.69, 9.17) is 0 Å². The molecule has 4 rings (SSSR count). The fraction of sp³-hybridized carbons (Fsp3) is 0.304. The van der Waals surface area contributed by atoms with Gasteiger partial charge in [-0.05, 0) is 57.0 Å². The van der Waals surface area contributed by atoms with E-state index in [1.165, 1.54) is 11.3 Å². The van der Waals surface area contributed by atoms with Crippen LogP contribution in [0.4, 0.5) is 11.4 Å². The van der Waals surface area contributed by atoms with Crippen LogP contribution in [0.5, 0.6) is 0 Å². The number of anilines is 2. The van der Waals surface area contributed by atoms with Gasteiger partial charge in [0, 0.05) is 35.7 Å². The highest BCUT2D eigenvalue weighted by Gasteiger charge is 2.19. The van der Waals surface area contributed by atoms with Gasteiger partial charge in [-0.1, -0.05) is 24.3 Å². The van der Waals surface area contributed by atoms with E-state index < -0.39 is 0 Å². The van der Waals surface area contributed by atoms with Gasteiger partial charge < -0.3 is 10.2 Å². The second kappa shape index (κ2) is 7.50. The molecule has 3 aromatic rings. The number of rotatable bonds is 5. The van der Waals surface area contributed by atoms with Crippen molar-refractivity contribution in [1.82, 2.24) is 9.78 Å². The lowest BCUT2D eigenvalue weighted by molar-refractivity contribution is -0.115. The molecule has 0 saturated heterocycles. The summed E-state index contributed by atoms with van der Waals surface area (Å²) in [6.45, 7) is 8.19. The van der Waals surface area contributed by atoms with Crippen LogP contribution >= 0.6 is 0 Å². The summed E-state index contributed by atoms with van der Waals surface area (Å²) in [5.74, 6) is -0.0141. The Morgan fingerprint density at radius 3 is 2.68 bits per heavy atom. The number of carbonyl (C=O) groups excluding carboxylic acids is 1. The number of benzene rings is 2. The molecule has 1 N–H and O–H groups in total. The smallest absolute Gasteiger partial charge is 0.228 e. The Labute approximate surface area is 166 Å². The average molecular weight is 374 g/mol. The number of fused-ring (bicyclic) bond motifs is 1.